The fraction of sp³-hybridized carbons (Fsp3) is 0.625. The standard InChI is InChI=1S/C16H27NO/c1-4-7-15(18)12-17-16(6-3)14-10-8-13(5-2)9-11-14/h8-11,15-18H,4-7,12H2,1-3H3. The van der Waals surface area contributed by atoms with Crippen molar-refractivity contribution >= 4 is 0 Å². The van der Waals surface area contributed by atoms with E-state index in [1.54, 1.807) is 0 Å². The van der Waals surface area contributed by atoms with Gasteiger partial charge in [-0.3, -0.25) is 0 Å². The van der Waals surface area contributed by atoms with Gasteiger partial charge in [-0.05, 0) is 30.4 Å². The van der Waals surface area contributed by atoms with Gasteiger partial charge in [0.1, 0.15) is 0 Å². The minimum atomic E-state index is -0.223. The van der Waals surface area contributed by atoms with Gasteiger partial charge >= 0.3 is 0 Å². The number of nitrogens with one attached hydrogen (secondary N) is 1. The average Bonchev–Trinajstić information content (AvgIpc) is 2.40. The molecular weight excluding hydrogens is 222 g/mol. The van der Waals surface area contributed by atoms with E-state index in [1.807, 2.05) is 0 Å². The second kappa shape index (κ2) is 8.28. The Morgan fingerprint density at radius 3 is 2.28 bits per heavy atom. The minimum Gasteiger partial charge on any atom is -0.392 e. The summed E-state index contributed by atoms with van der Waals surface area (Å²) in [4.78, 5) is 0. The van der Waals surface area contributed by atoms with Crippen LogP contribution in [0.1, 0.15) is 57.2 Å². The normalized spacial score (nSPS) is 14.4. The molecule has 2 N–H and O–H groups in total. The monoisotopic (exact) mass is 249 g/mol. The van der Waals surface area contributed by atoms with Crippen LogP contribution in [-0.2, 0) is 6.42 Å². The molecule has 102 valence electrons. The lowest BCUT2D eigenvalue weighted by atomic mass is 10.0. The zero-order chi connectivity index (χ0) is 13.4. The summed E-state index contributed by atoms with van der Waals surface area (Å²) in [6.45, 7) is 7.13. The summed E-state index contributed by atoms with van der Waals surface area (Å²) in [6.07, 6.45) is 3.81. The maximum atomic E-state index is 9.76. The van der Waals surface area contributed by atoms with Crippen molar-refractivity contribution in [3.63, 3.8) is 0 Å². The SMILES string of the molecule is CCCC(O)CNC(CC)c1ccc(CC)cc1. The number of aliphatic hydroxyl groups excluding tert-OH is 1. The summed E-state index contributed by atoms with van der Waals surface area (Å²) < 4.78 is 0. The molecule has 0 radical (unpaired) electrons. The lowest BCUT2D eigenvalue weighted by molar-refractivity contribution is 0.156. The Morgan fingerprint density at radius 2 is 1.78 bits per heavy atom. The molecule has 18 heavy (non-hydrogen) atoms. The van der Waals surface area contributed by atoms with Crippen LogP contribution in [0.3, 0.4) is 0 Å². The Labute approximate surface area is 111 Å². The Balaban J connectivity index is 2.53. The maximum Gasteiger partial charge on any atom is 0.0664 e. The summed E-state index contributed by atoms with van der Waals surface area (Å²) >= 11 is 0. The van der Waals surface area contributed by atoms with Crippen LogP contribution in [0.5, 0.6) is 0 Å². The van der Waals surface area contributed by atoms with Crippen LogP contribution in [0.25, 0.3) is 0 Å². The van der Waals surface area contributed by atoms with E-state index in [0.29, 0.717) is 12.6 Å². The fourth-order valence-electron chi connectivity index (χ4n) is 2.20. The van der Waals surface area contributed by atoms with Gasteiger partial charge < -0.3 is 10.4 Å². The van der Waals surface area contributed by atoms with E-state index >= 15 is 0 Å². The molecule has 2 nitrogen and oxygen atoms in total. The third-order valence-electron chi connectivity index (χ3n) is 3.42. The summed E-state index contributed by atoms with van der Waals surface area (Å²) in [5.41, 5.74) is 2.69. The van der Waals surface area contributed by atoms with Gasteiger partial charge in [0.15, 0.2) is 0 Å². The summed E-state index contributed by atoms with van der Waals surface area (Å²) in [5, 5.41) is 13.2. The molecule has 0 fully saturated rings. The lowest BCUT2D eigenvalue weighted by Gasteiger charge is -2.20. The summed E-state index contributed by atoms with van der Waals surface area (Å²) in [5.74, 6) is 0. The van der Waals surface area contributed by atoms with Crippen LogP contribution in [0.15, 0.2) is 24.3 Å². The molecule has 0 aromatic heterocycles. The number of aryl methyl sites for hydroxylation is 1. The highest BCUT2D eigenvalue weighted by atomic mass is 16.3. The quantitative estimate of drug-likeness (QED) is 0.739. The zero-order valence-corrected chi connectivity index (χ0v) is 11.9. The molecular formula is C16H27NO. The number of aliphatic hydroxyl groups is 1. The van der Waals surface area contributed by atoms with Gasteiger partial charge in [0.05, 0.1) is 6.10 Å². The van der Waals surface area contributed by atoms with Gasteiger partial charge in [-0.15, -0.1) is 0 Å². The molecule has 0 saturated carbocycles. The highest BCUT2D eigenvalue weighted by molar-refractivity contribution is 5.25. The van der Waals surface area contributed by atoms with E-state index in [2.05, 4.69) is 50.4 Å². The van der Waals surface area contributed by atoms with Crippen LogP contribution < -0.4 is 5.32 Å². The first-order valence-electron chi connectivity index (χ1n) is 7.21. The molecule has 1 aromatic rings. The van der Waals surface area contributed by atoms with E-state index in [9.17, 15) is 5.11 Å². The molecule has 0 aliphatic rings. The van der Waals surface area contributed by atoms with Gasteiger partial charge in [0.25, 0.3) is 0 Å². The highest BCUT2D eigenvalue weighted by Gasteiger charge is 2.10. The van der Waals surface area contributed by atoms with Crippen molar-refractivity contribution in [3.05, 3.63) is 35.4 Å². The average molecular weight is 249 g/mol. The molecule has 0 spiro atoms. The van der Waals surface area contributed by atoms with Crippen molar-refractivity contribution in [2.75, 3.05) is 6.54 Å². The Hall–Kier alpha value is -0.860. The van der Waals surface area contributed by atoms with Gasteiger partial charge in [-0.25, -0.2) is 0 Å². The Kier molecular flexibility index (Phi) is 6.99. The zero-order valence-electron chi connectivity index (χ0n) is 11.9. The molecule has 1 aromatic carbocycles. The molecule has 1 rings (SSSR count). The number of hydrogen-bond acceptors (Lipinski definition) is 2. The third kappa shape index (κ3) is 4.79. The second-order valence-corrected chi connectivity index (χ2v) is 4.91. The number of benzene rings is 1. The Bertz CT molecular complexity index is 320. The third-order valence-corrected chi connectivity index (χ3v) is 3.42. The molecule has 0 amide bonds. The largest absolute Gasteiger partial charge is 0.392 e. The van der Waals surface area contributed by atoms with Crippen molar-refractivity contribution < 1.29 is 5.11 Å². The first-order valence-corrected chi connectivity index (χ1v) is 7.21. The number of rotatable bonds is 8. The van der Waals surface area contributed by atoms with Gasteiger partial charge in [0, 0.05) is 12.6 Å². The fourth-order valence-corrected chi connectivity index (χ4v) is 2.20. The highest BCUT2D eigenvalue weighted by Crippen LogP contribution is 2.17. The van der Waals surface area contributed by atoms with Crippen molar-refractivity contribution in [1.29, 1.82) is 0 Å². The smallest absolute Gasteiger partial charge is 0.0664 e. The minimum absolute atomic E-state index is 0.223. The van der Waals surface area contributed by atoms with Gasteiger partial charge in [-0.1, -0.05) is 51.5 Å². The predicted octanol–water partition coefficient (Wildman–Crippen LogP) is 3.45. The Morgan fingerprint density at radius 1 is 1.11 bits per heavy atom. The van der Waals surface area contributed by atoms with Crippen LogP contribution in [-0.4, -0.2) is 17.8 Å². The molecule has 0 bridgehead atoms. The van der Waals surface area contributed by atoms with E-state index in [0.717, 1.165) is 25.7 Å². The van der Waals surface area contributed by atoms with Crippen molar-refractivity contribution in [3.8, 4) is 0 Å². The van der Waals surface area contributed by atoms with Crippen LogP contribution in [0, 0.1) is 0 Å². The van der Waals surface area contributed by atoms with Crippen molar-refractivity contribution in [2.45, 2.75) is 58.6 Å². The summed E-state index contributed by atoms with van der Waals surface area (Å²) in [6, 6.07) is 9.14. The van der Waals surface area contributed by atoms with E-state index in [4.69, 9.17) is 0 Å². The van der Waals surface area contributed by atoms with Crippen LogP contribution >= 0.6 is 0 Å². The molecule has 0 saturated heterocycles. The first kappa shape index (κ1) is 15.2. The molecule has 2 atom stereocenters. The maximum absolute atomic E-state index is 9.76. The molecule has 0 heterocycles. The van der Waals surface area contributed by atoms with Crippen molar-refractivity contribution in [1.82, 2.24) is 5.32 Å². The lowest BCUT2D eigenvalue weighted by Crippen LogP contribution is -2.30. The van der Waals surface area contributed by atoms with Crippen molar-refractivity contribution in [2.24, 2.45) is 0 Å². The van der Waals surface area contributed by atoms with E-state index in [-0.39, 0.29) is 6.10 Å². The molecule has 2 heteroatoms. The second-order valence-electron chi connectivity index (χ2n) is 4.91. The molecule has 0 aliphatic carbocycles. The first-order chi connectivity index (χ1) is 8.71. The van der Waals surface area contributed by atoms with Gasteiger partial charge in [-0.2, -0.15) is 0 Å². The van der Waals surface area contributed by atoms with Crippen LogP contribution in [0.4, 0.5) is 0 Å². The predicted molar refractivity (Wildman–Crippen MR) is 77.8 cm³/mol. The molecule has 2 unspecified atom stereocenters. The number of hydrogen-bond donors (Lipinski definition) is 2. The van der Waals surface area contributed by atoms with E-state index in [1.165, 1.54) is 11.1 Å². The van der Waals surface area contributed by atoms with Gasteiger partial charge in [0.2, 0.25) is 0 Å². The van der Waals surface area contributed by atoms with Crippen LogP contribution in [0.2, 0.25) is 0 Å². The van der Waals surface area contributed by atoms with E-state index < -0.39 is 0 Å². The summed E-state index contributed by atoms with van der Waals surface area (Å²) in [7, 11) is 0. The molecule has 0 aliphatic heterocycles. The topological polar surface area (TPSA) is 32.3 Å².